The Bertz CT molecular complexity index is 564. The van der Waals surface area contributed by atoms with Crippen LogP contribution in [0.25, 0.3) is 11.0 Å². The summed E-state index contributed by atoms with van der Waals surface area (Å²) >= 11 is 3.39. The van der Waals surface area contributed by atoms with Crippen molar-refractivity contribution in [3.05, 3.63) is 22.7 Å². The minimum Gasteiger partial charge on any atom is -0.369 e. The monoisotopic (exact) mass is 296 g/mol. The lowest BCUT2D eigenvalue weighted by Crippen LogP contribution is -2.19. The quantitative estimate of drug-likeness (QED) is 0.902. The predicted octanol–water partition coefficient (Wildman–Crippen LogP) is 1.52. The van der Waals surface area contributed by atoms with Crippen LogP contribution in [-0.2, 0) is 11.3 Å². The number of benzene rings is 1. The molecular formula is C11H13BrN4O. The van der Waals surface area contributed by atoms with Crippen LogP contribution in [0.4, 0.5) is 5.95 Å². The van der Waals surface area contributed by atoms with E-state index in [0.717, 1.165) is 15.5 Å². The third kappa shape index (κ3) is 2.41. The first-order valence-corrected chi connectivity index (χ1v) is 6.03. The first-order valence-electron chi connectivity index (χ1n) is 5.23. The Morgan fingerprint density at radius 3 is 3.06 bits per heavy atom. The summed E-state index contributed by atoms with van der Waals surface area (Å²) in [5.41, 5.74) is 7.60. The molecule has 0 atom stereocenters. The molecule has 0 saturated heterocycles. The van der Waals surface area contributed by atoms with Crippen LogP contribution in [0.2, 0.25) is 0 Å². The summed E-state index contributed by atoms with van der Waals surface area (Å²) in [5.74, 6) is 0.422. The molecular weight excluding hydrogens is 284 g/mol. The van der Waals surface area contributed by atoms with Crippen LogP contribution < -0.4 is 11.1 Å². The summed E-state index contributed by atoms with van der Waals surface area (Å²) in [6, 6.07) is 5.77. The van der Waals surface area contributed by atoms with E-state index in [-0.39, 0.29) is 5.91 Å². The van der Waals surface area contributed by atoms with E-state index < -0.39 is 0 Å². The van der Waals surface area contributed by atoms with E-state index in [1.54, 1.807) is 7.05 Å². The Labute approximate surface area is 107 Å². The SMILES string of the molecule is CNC(=O)CCn1c(N)nc2cc(Br)ccc21. The highest BCUT2D eigenvalue weighted by Gasteiger charge is 2.09. The molecule has 1 heterocycles. The summed E-state index contributed by atoms with van der Waals surface area (Å²) in [5, 5.41) is 2.58. The maximum Gasteiger partial charge on any atom is 0.221 e. The van der Waals surface area contributed by atoms with Gasteiger partial charge in [-0.05, 0) is 18.2 Å². The number of fused-ring (bicyclic) bond motifs is 1. The van der Waals surface area contributed by atoms with Gasteiger partial charge in [0.15, 0.2) is 0 Å². The predicted molar refractivity (Wildman–Crippen MR) is 70.5 cm³/mol. The van der Waals surface area contributed by atoms with Crippen molar-refractivity contribution < 1.29 is 4.79 Å². The second kappa shape index (κ2) is 4.75. The number of carbonyl (C=O) groups excluding carboxylic acids is 1. The fourth-order valence-corrected chi connectivity index (χ4v) is 2.04. The molecule has 0 bridgehead atoms. The van der Waals surface area contributed by atoms with Gasteiger partial charge in [0.05, 0.1) is 11.0 Å². The Morgan fingerprint density at radius 2 is 2.35 bits per heavy atom. The third-order valence-corrected chi connectivity index (χ3v) is 3.07. The van der Waals surface area contributed by atoms with E-state index in [4.69, 9.17) is 5.73 Å². The number of imidazole rings is 1. The van der Waals surface area contributed by atoms with Gasteiger partial charge in [0.1, 0.15) is 0 Å². The average Bonchev–Trinajstić information content (AvgIpc) is 2.61. The summed E-state index contributed by atoms with van der Waals surface area (Å²) in [6.07, 6.45) is 0.391. The minimum absolute atomic E-state index is 0.0108. The van der Waals surface area contributed by atoms with Gasteiger partial charge in [0.2, 0.25) is 11.9 Å². The first-order chi connectivity index (χ1) is 8.11. The van der Waals surface area contributed by atoms with E-state index >= 15 is 0 Å². The van der Waals surface area contributed by atoms with Crippen LogP contribution in [0, 0.1) is 0 Å². The number of hydrogen-bond donors (Lipinski definition) is 2. The van der Waals surface area contributed by atoms with Crippen LogP contribution in [0.5, 0.6) is 0 Å². The average molecular weight is 297 g/mol. The Hall–Kier alpha value is -1.56. The molecule has 0 aliphatic rings. The zero-order chi connectivity index (χ0) is 12.4. The normalized spacial score (nSPS) is 10.7. The molecule has 0 aliphatic heterocycles. The standard InChI is InChI=1S/C11H13BrN4O/c1-14-10(17)4-5-16-9-3-2-7(12)6-8(9)15-11(16)13/h2-3,6H,4-5H2,1H3,(H2,13,15)(H,14,17). The van der Waals surface area contributed by atoms with E-state index in [0.29, 0.717) is 18.9 Å². The molecule has 0 radical (unpaired) electrons. The Kier molecular flexibility index (Phi) is 3.33. The fourth-order valence-electron chi connectivity index (χ4n) is 1.69. The number of anilines is 1. The Balaban J connectivity index is 2.33. The Morgan fingerprint density at radius 1 is 1.59 bits per heavy atom. The number of carbonyl (C=O) groups is 1. The number of aryl methyl sites for hydroxylation is 1. The van der Waals surface area contributed by atoms with Crippen molar-refractivity contribution in [2.24, 2.45) is 0 Å². The summed E-state index contributed by atoms with van der Waals surface area (Å²) in [6.45, 7) is 0.531. The first kappa shape index (κ1) is 11.9. The van der Waals surface area contributed by atoms with Crippen LogP contribution >= 0.6 is 15.9 Å². The number of amides is 1. The molecule has 0 saturated carbocycles. The number of rotatable bonds is 3. The second-order valence-electron chi connectivity index (χ2n) is 3.68. The van der Waals surface area contributed by atoms with Gasteiger partial charge in [-0.2, -0.15) is 0 Å². The number of aromatic nitrogens is 2. The van der Waals surface area contributed by atoms with E-state index in [2.05, 4.69) is 26.2 Å². The van der Waals surface area contributed by atoms with Gasteiger partial charge in [-0.1, -0.05) is 15.9 Å². The highest BCUT2D eigenvalue weighted by atomic mass is 79.9. The topological polar surface area (TPSA) is 72.9 Å². The molecule has 2 aromatic rings. The van der Waals surface area contributed by atoms with Crippen molar-refractivity contribution in [3.63, 3.8) is 0 Å². The van der Waals surface area contributed by atoms with Crippen molar-refractivity contribution in [1.82, 2.24) is 14.9 Å². The van der Waals surface area contributed by atoms with Gasteiger partial charge in [-0.3, -0.25) is 4.79 Å². The zero-order valence-corrected chi connectivity index (χ0v) is 11.0. The summed E-state index contributed by atoms with van der Waals surface area (Å²) in [7, 11) is 1.62. The molecule has 0 fully saturated rings. The number of nitrogens with zero attached hydrogens (tertiary/aromatic N) is 2. The molecule has 1 amide bonds. The molecule has 0 aliphatic carbocycles. The highest BCUT2D eigenvalue weighted by Crippen LogP contribution is 2.22. The molecule has 1 aromatic carbocycles. The molecule has 3 N–H and O–H groups in total. The number of hydrogen-bond acceptors (Lipinski definition) is 3. The van der Waals surface area contributed by atoms with Gasteiger partial charge in [0, 0.05) is 24.5 Å². The van der Waals surface area contributed by atoms with Crippen LogP contribution in [-0.4, -0.2) is 22.5 Å². The molecule has 17 heavy (non-hydrogen) atoms. The third-order valence-electron chi connectivity index (χ3n) is 2.58. The molecule has 1 aromatic heterocycles. The van der Waals surface area contributed by atoms with Crippen LogP contribution in [0.15, 0.2) is 22.7 Å². The highest BCUT2D eigenvalue weighted by molar-refractivity contribution is 9.10. The van der Waals surface area contributed by atoms with Crippen molar-refractivity contribution in [2.75, 3.05) is 12.8 Å². The van der Waals surface area contributed by atoms with Crippen LogP contribution in [0.1, 0.15) is 6.42 Å². The van der Waals surface area contributed by atoms with E-state index in [1.165, 1.54) is 0 Å². The van der Waals surface area contributed by atoms with Gasteiger partial charge < -0.3 is 15.6 Å². The number of nitrogens with two attached hydrogens (primary N) is 1. The zero-order valence-electron chi connectivity index (χ0n) is 9.40. The molecule has 90 valence electrons. The number of halogens is 1. The smallest absolute Gasteiger partial charge is 0.221 e. The maximum atomic E-state index is 11.2. The summed E-state index contributed by atoms with van der Waals surface area (Å²) < 4.78 is 2.80. The molecule has 5 nitrogen and oxygen atoms in total. The minimum atomic E-state index is -0.0108. The molecule has 6 heteroatoms. The second-order valence-corrected chi connectivity index (χ2v) is 4.59. The van der Waals surface area contributed by atoms with E-state index in [9.17, 15) is 4.79 Å². The molecule has 0 unspecified atom stereocenters. The molecule has 2 rings (SSSR count). The number of nitrogens with one attached hydrogen (secondary N) is 1. The van der Waals surface area contributed by atoms with Crippen LogP contribution in [0.3, 0.4) is 0 Å². The molecule has 0 spiro atoms. The largest absolute Gasteiger partial charge is 0.369 e. The fraction of sp³-hybridized carbons (Fsp3) is 0.273. The lowest BCUT2D eigenvalue weighted by molar-refractivity contribution is -0.120. The lowest BCUT2D eigenvalue weighted by Gasteiger charge is -2.05. The summed E-state index contributed by atoms with van der Waals surface area (Å²) in [4.78, 5) is 15.5. The number of nitrogen functional groups attached to an aromatic ring is 1. The van der Waals surface area contributed by atoms with Crippen molar-refractivity contribution in [3.8, 4) is 0 Å². The van der Waals surface area contributed by atoms with Gasteiger partial charge in [-0.25, -0.2) is 4.98 Å². The van der Waals surface area contributed by atoms with Gasteiger partial charge in [-0.15, -0.1) is 0 Å². The van der Waals surface area contributed by atoms with E-state index in [1.807, 2.05) is 22.8 Å². The maximum absolute atomic E-state index is 11.2. The van der Waals surface area contributed by atoms with Crippen molar-refractivity contribution in [1.29, 1.82) is 0 Å². The van der Waals surface area contributed by atoms with Gasteiger partial charge in [0.25, 0.3) is 0 Å². The van der Waals surface area contributed by atoms with Crippen molar-refractivity contribution in [2.45, 2.75) is 13.0 Å². The van der Waals surface area contributed by atoms with Gasteiger partial charge >= 0.3 is 0 Å². The van der Waals surface area contributed by atoms with Crippen molar-refractivity contribution >= 4 is 38.8 Å². The lowest BCUT2D eigenvalue weighted by atomic mass is 10.3.